The Bertz CT molecular complexity index is 1260. The topological polar surface area (TPSA) is 71.4 Å². The zero-order valence-electron chi connectivity index (χ0n) is 26.1. The Hall–Kier alpha value is -2.34. The van der Waals surface area contributed by atoms with E-state index in [-0.39, 0.29) is 29.8 Å². The second-order valence-electron chi connectivity index (χ2n) is 15.3. The number of carbonyl (C=O) groups is 1. The number of oxime groups is 1. The van der Waals surface area contributed by atoms with Crippen LogP contribution in [-0.4, -0.2) is 46.2 Å². The molecular weight excluding hydrogens is 524 g/mol. The van der Waals surface area contributed by atoms with Gasteiger partial charge in [0.25, 0.3) is 0 Å². The van der Waals surface area contributed by atoms with Gasteiger partial charge in [0, 0.05) is 12.5 Å². The van der Waals surface area contributed by atoms with Gasteiger partial charge in [0.15, 0.2) is 0 Å². The van der Waals surface area contributed by atoms with Crippen molar-refractivity contribution in [3.63, 3.8) is 0 Å². The third kappa shape index (κ3) is 4.53. The normalized spacial score (nSPS) is 43.9. The Kier molecular flexibility index (Phi) is 7.23. The molecule has 1 aromatic rings. The minimum absolute atomic E-state index is 0.0759. The molecule has 42 heavy (non-hydrogen) atoms. The molecule has 1 N–H and O–H groups in total. The largest absolute Gasteiger partial charge is 0.445 e. The smallest absolute Gasteiger partial charge is 0.410 e. The lowest BCUT2D eigenvalue weighted by molar-refractivity contribution is -0.0794. The minimum atomic E-state index is -0.202. The molecule has 5 fully saturated rings. The van der Waals surface area contributed by atoms with Crippen molar-refractivity contribution in [1.82, 2.24) is 4.90 Å². The molecule has 6 aliphatic rings. The number of allylic oxidation sites excluding steroid dienone is 1. The highest BCUT2D eigenvalue weighted by atomic mass is 16.6. The molecular formula is C36H50N2O4. The lowest BCUT2D eigenvalue weighted by Gasteiger charge is -2.52. The number of nitrogens with zero attached hydrogens (tertiary/aromatic N) is 2. The third-order valence-electron chi connectivity index (χ3n) is 13.2. The quantitative estimate of drug-likeness (QED) is 0.221. The molecule has 2 saturated heterocycles. The number of amides is 1. The van der Waals surface area contributed by atoms with Gasteiger partial charge in [0.1, 0.15) is 6.61 Å². The molecule has 1 spiro atoms. The molecule has 10 atom stereocenters. The standard InChI is InChI=1S/C36H50N2O4/c1-22-16-32-33(38(20-22)34(39)41-21-25-8-6-5-7-9-25)24(3)36(42-32)15-13-28-29-11-10-26-17-27(37-40)12-14-35(26,4)31(29)18-30(28)23(2)19-36/h5-9,22,24,26,28-29,31-33,40H,10-21H2,1-4H3/b37-27-/t22-,24+,26+,28-,29-,31-,32+,33-,35-,36-/m0/s1. The predicted octanol–water partition coefficient (Wildman–Crippen LogP) is 7.99. The average Bonchev–Trinajstić information content (AvgIpc) is 3.45. The fourth-order valence-corrected chi connectivity index (χ4v) is 11.0. The predicted molar refractivity (Wildman–Crippen MR) is 163 cm³/mol. The molecule has 4 aliphatic carbocycles. The van der Waals surface area contributed by atoms with Crippen molar-refractivity contribution in [3.8, 4) is 0 Å². The van der Waals surface area contributed by atoms with Gasteiger partial charge in [-0.3, -0.25) is 0 Å². The first-order chi connectivity index (χ1) is 20.2. The maximum absolute atomic E-state index is 13.5. The van der Waals surface area contributed by atoms with E-state index in [1.807, 2.05) is 35.2 Å². The number of carbonyl (C=O) groups excluding carboxylic acids is 1. The van der Waals surface area contributed by atoms with Crippen molar-refractivity contribution in [2.24, 2.45) is 46.1 Å². The summed E-state index contributed by atoms with van der Waals surface area (Å²) in [7, 11) is 0. The molecule has 2 aliphatic heterocycles. The summed E-state index contributed by atoms with van der Waals surface area (Å²) in [6.07, 6.45) is 11.1. The second-order valence-corrected chi connectivity index (χ2v) is 15.3. The summed E-state index contributed by atoms with van der Waals surface area (Å²) in [6.45, 7) is 10.6. The highest BCUT2D eigenvalue weighted by Crippen LogP contribution is 2.65. The highest BCUT2D eigenvalue weighted by molar-refractivity contribution is 5.85. The van der Waals surface area contributed by atoms with Gasteiger partial charge in [-0.2, -0.15) is 0 Å². The number of piperidine rings is 1. The van der Waals surface area contributed by atoms with Crippen LogP contribution in [0.2, 0.25) is 0 Å². The van der Waals surface area contributed by atoms with E-state index >= 15 is 0 Å². The van der Waals surface area contributed by atoms with Crippen LogP contribution in [0.5, 0.6) is 0 Å². The molecule has 2 heterocycles. The van der Waals surface area contributed by atoms with Crippen LogP contribution in [0.15, 0.2) is 46.6 Å². The molecule has 1 aromatic carbocycles. The van der Waals surface area contributed by atoms with Gasteiger partial charge in [0.2, 0.25) is 0 Å². The Morgan fingerprint density at radius 1 is 1.14 bits per heavy atom. The minimum Gasteiger partial charge on any atom is -0.445 e. The molecule has 3 saturated carbocycles. The van der Waals surface area contributed by atoms with E-state index < -0.39 is 0 Å². The van der Waals surface area contributed by atoms with Crippen molar-refractivity contribution >= 4 is 11.8 Å². The molecule has 7 rings (SSSR count). The Morgan fingerprint density at radius 3 is 2.74 bits per heavy atom. The van der Waals surface area contributed by atoms with Crippen molar-refractivity contribution in [2.45, 2.75) is 116 Å². The van der Waals surface area contributed by atoms with Crippen molar-refractivity contribution < 1.29 is 19.5 Å². The first-order valence-electron chi connectivity index (χ1n) is 16.8. The molecule has 0 radical (unpaired) electrons. The number of likely N-dealkylation sites (tertiary alicyclic amines) is 1. The van der Waals surface area contributed by atoms with Crippen LogP contribution in [0, 0.1) is 40.9 Å². The van der Waals surface area contributed by atoms with Crippen molar-refractivity contribution in [2.75, 3.05) is 6.54 Å². The summed E-state index contributed by atoms with van der Waals surface area (Å²) < 4.78 is 13.1. The average molecular weight is 575 g/mol. The summed E-state index contributed by atoms with van der Waals surface area (Å²) in [5.41, 5.74) is 5.50. The number of benzene rings is 1. The Balaban J connectivity index is 1.10. The Labute approximate surface area is 251 Å². The summed E-state index contributed by atoms with van der Waals surface area (Å²) >= 11 is 0. The van der Waals surface area contributed by atoms with Gasteiger partial charge in [-0.05, 0) is 112 Å². The van der Waals surface area contributed by atoms with E-state index in [1.54, 1.807) is 11.1 Å². The van der Waals surface area contributed by atoms with Crippen LogP contribution in [0.4, 0.5) is 4.79 Å². The first-order valence-corrected chi connectivity index (χ1v) is 16.8. The highest BCUT2D eigenvalue weighted by Gasteiger charge is 2.60. The lowest BCUT2D eigenvalue weighted by atomic mass is 9.52. The van der Waals surface area contributed by atoms with Crippen molar-refractivity contribution in [3.05, 3.63) is 47.0 Å². The van der Waals surface area contributed by atoms with Crippen LogP contribution in [0.25, 0.3) is 0 Å². The summed E-state index contributed by atoms with van der Waals surface area (Å²) in [6, 6.07) is 10.1. The molecule has 6 nitrogen and oxygen atoms in total. The Morgan fingerprint density at radius 2 is 1.95 bits per heavy atom. The summed E-state index contributed by atoms with van der Waals surface area (Å²) in [5, 5.41) is 13.1. The fourth-order valence-electron chi connectivity index (χ4n) is 11.0. The fraction of sp³-hybridized carbons (Fsp3) is 0.722. The third-order valence-corrected chi connectivity index (χ3v) is 13.2. The molecule has 6 heteroatoms. The zero-order valence-corrected chi connectivity index (χ0v) is 26.1. The van der Waals surface area contributed by atoms with Crippen LogP contribution >= 0.6 is 0 Å². The number of ether oxygens (including phenoxy) is 2. The van der Waals surface area contributed by atoms with Crippen LogP contribution < -0.4 is 0 Å². The summed E-state index contributed by atoms with van der Waals surface area (Å²) in [4.78, 5) is 15.6. The van der Waals surface area contributed by atoms with Crippen LogP contribution in [-0.2, 0) is 16.1 Å². The van der Waals surface area contributed by atoms with Gasteiger partial charge < -0.3 is 19.6 Å². The number of fused-ring (bicyclic) bond motifs is 6. The number of hydrogen-bond donors (Lipinski definition) is 1. The van der Waals surface area contributed by atoms with E-state index in [2.05, 4.69) is 32.9 Å². The van der Waals surface area contributed by atoms with Crippen LogP contribution in [0.1, 0.15) is 97.5 Å². The van der Waals surface area contributed by atoms with Gasteiger partial charge in [-0.25, -0.2) is 4.79 Å². The first kappa shape index (κ1) is 28.4. The van der Waals surface area contributed by atoms with Gasteiger partial charge >= 0.3 is 6.09 Å². The van der Waals surface area contributed by atoms with Gasteiger partial charge in [-0.15, -0.1) is 0 Å². The zero-order chi connectivity index (χ0) is 29.2. The maximum atomic E-state index is 13.5. The SMILES string of the molecule is CC1=C2C[C@H]3[C@@H](CC[C@@H]4C/C(=N\O)CC[C@@]43C)[C@@H]2CC[C@@]2(C1)O[C@@H]1C[C@H](C)CN(C(=O)OCc3ccccc3)[C@H]1[C@H]2C. The molecule has 1 amide bonds. The molecule has 228 valence electrons. The summed E-state index contributed by atoms with van der Waals surface area (Å²) in [5.74, 6) is 3.51. The molecule has 0 aromatic heterocycles. The van der Waals surface area contributed by atoms with E-state index in [1.165, 1.54) is 32.1 Å². The van der Waals surface area contributed by atoms with E-state index in [0.717, 1.165) is 61.8 Å². The monoisotopic (exact) mass is 574 g/mol. The number of rotatable bonds is 2. The van der Waals surface area contributed by atoms with E-state index in [4.69, 9.17) is 9.47 Å². The van der Waals surface area contributed by atoms with Crippen LogP contribution in [0.3, 0.4) is 0 Å². The van der Waals surface area contributed by atoms with Gasteiger partial charge in [0.05, 0.1) is 23.5 Å². The molecule has 0 bridgehead atoms. The number of hydrogen-bond acceptors (Lipinski definition) is 5. The maximum Gasteiger partial charge on any atom is 0.410 e. The van der Waals surface area contributed by atoms with Gasteiger partial charge in [-0.1, -0.05) is 67.4 Å². The lowest BCUT2D eigenvalue weighted by Crippen LogP contribution is -2.54. The van der Waals surface area contributed by atoms with Crippen molar-refractivity contribution in [1.29, 1.82) is 0 Å². The van der Waals surface area contributed by atoms with E-state index in [0.29, 0.717) is 29.8 Å². The van der Waals surface area contributed by atoms with E-state index in [9.17, 15) is 10.0 Å². The second kappa shape index (κ2) is 10.7. The molecule has 0 unspecified atom stereocenters.